The highest BCUT2D eigenvalue weighted by Crippen LogP contribution is 2.22. The van der Waals surface area contributed by atoms with E-state index in [-0.39, 0.29) is 17.6 Å². The van der Waals surface area contributed by atoms with Gasteiger partial charge in [-0.1, -0.05) is 0 Å². The van der Waals surface area contributed by atoms with E-state index in [1.54, 1.807) is 6.07 Å². The van der Waals surface area contributed by atoms with Gasteiger partial charge in [0, 0.05) is 23.1 Å². The Kier molecular flexibility index (Phi) is 5.28. The van der Waals surface area contributed by atoms with Crippen LogP contribution in [0.4, 0.5) is 10.1 Å². The standard InChI is InChI=1S/C12H17FN2OS/c1-8(2)15-12(16)5-6-17-9-3-4-11(14)10(13)7-9/h3-4,7-8H,5-6,14H2,1-2H3,(H,15,16). The SMILES string of the molecule is CC(C)NC(=O)CCSc1ccc(N)c(F)c1. The molecule has 3 nitrogen and oxygen atoms in total. The number of benzene rings is 1. The minimum absolute atomic E-state index is 0.0171. The van der Waals surface area contributed by atoms with Gasteiger partial charge in [0.1, 0.15) is 5.82 Å². The van der Waals surface area contributed by atoms with Crippen LogP contribution in [-0.4, -0.2) is 17.7 Å². The van der Waals surface area contributed by atoms with Crippen molar-refractivity contribution in [3.05, 3.63) is 24.0 Å². The molecule has 0 aromatic heterocycles. The highest BCUT2D eigenvalue weighted by Gasteiger charge is 2.04. The minimum Gasteiger partial charge on any atom is -0.396 e. The summed E-state index contributed by atoms with van der Waals surface area (Å²) in [6, 6.07) is 4.83. The average Bonchev–Trinajstić information content (AvgIpc) is 2.22. The van der Waals surface area contributed by atoms with E-state index in [9.17, 15) is 9.18 Å². The number of thioether (sulfide) groups is 1. The Morgan fingerprint density at radius 1 is 1.53 bits per heavy atom. The molecule has 1 amide bonds. The Morgan fingerprint density at radius 2 is 2.24 bits per heavy atom. The Labute approximate surface area is 105 Å². The minimum atomic E-state index is -0.415. The zero-order chi connectivity index (χ0) is 12.8. The number of nitrogens with one attached hydrogen (secondary N) is 1. The summed E-state index contributed by atoms with van der Waals surface area (Å²) < 4.78 is 13.1. The van der Waals surface area contributed by atoms with Crippen molar-refractivity contribution in [2.75, 3.05) is 11.5 Å². The van der Waals surface area contributed by atoms with E-state index in [2.05, 4.69) is 5.32 Å². The number of hydrogen-bond acceptors (Lipinski definition) is 3. The molecule has 0 radical (unpaired) electrons. The van der Waals surface area contributed by atoms with Gasteiger partial charge in [0.2, 0.25) is 5.91 Å². The topological polar surface area (TPSA) is 55.1 Å². The molecule has 0 aliphatic carbocycles. The number of carbonyl (C=O) groups excluding carboxylic acids is 1. The van der Waals surface area contributed by atoms with Crippen molar-refractivity contribution < 1.29 is 9.18 Å². The molecule has 17 heavy (non-hydrogen) atoms. The fraction of sp³-hybridized carbons (Fsp3) is 0.417. The third-order valence-corrected chi connectivity index (χ3v) is 3.01. The van der Waals surface area contributed by atoms with E-state index in [0.717, 1.165) is 4.90 Å². The second-order valence-electron chi connectivity index (χ2n) is 4.00. The summed E-state index contributed by atoms with van der Waals surface area (Å²) in [6.45, 7) is 3.83. The van der Waals surface area contributed by atoms with E-state index in [1.165, 1.54) is 23.9 Å². The van der Waals surface area contributed by atoms with E-state index < -0.39 is 5.82 Å². The Balaban J connectivity index is 2.36. The predicted molar refractivity (Wildman–Crippen MR) is 69.4 cm³/mol. The molecule has 0 atom stereocenters. The van der Waals surface area contributed by atoms with Crippen molar-refractivity contribution in [1.82, 2.24) is 5.32 Å². The van der Waals surface area contributed by atoms with Crippen LogP contribution in [0.5, 0.6) is 0 Å². The molecule has 5 heteroatoms. The van der Waals surface area contributed by atoms with Crippen LogP contribution in [0.3, 0.4) is 0 Å². The quantitative estimate of drug-likeness (QED) is 0.628. The second kappa shape index (κ2) is 6.49. The zero-order valence-electron chi connectivity index (χ0n) is 10.00. The summed E-state index contributed by atoms with van der Waals surface area (Å²) in [6.07, 6.45) is 0.425. The lowest BCUT2D eigenvalue weighted by Crippen LogP contribution is -2.30. The smallest absolute Gasteiger partial charge is 0.221 e. The lowest BCUT2D eigenvalue weighted by molar-refractivity contribution is -0.121. The molecule has 0 aliphatic rings. The molecule has 0 aliphatic heterocycles. The molecule has 0 saturated carbocycles. The summed E-state index contributed by atoms with van der Waals surface area (Å²) in [4.78, 5) is 12.1. The summed E-state index contributed by atoms with van der Waals surface area (Å²) in [5, 5.41) is 2.80. The summed E-state index contributed by atoms with van der Waals surface area (Å²) in [7, 11) is 0. The maximum Gasteiger partial charge on any atom is 0.221 e. The highest BCUT2D eigenvalue weighted by atomic mass is 32.2. The van der Waals surface area contributed by atoms with Gasteiger partial charge in [-0.05, 0) is 32.0 Å². The van der Waals surface area contributed by atoms with Gasteiger partial charge in [0.15, 0.2) is 0 Å². The maximum absolute atomic E-state index is 13.1. The van der Waals surface area contributed by atoms with E-state index >= 15 is 0 Å². The predicted octanol–water partition coefficient (Wildman–Crippen LogP) is 2.41. The molecule has 0 unspecified atom stereocenters. The second-order valence-corrected chi connectivity index (χ2v) is 5.17. The van der Waals surface area contributed by atoms with Crippen LogP contribution in [0.25, 0.3) is 0 Å². The first-order chi connectivity index (χ1) is 7.99. The van der Waals surface area contributed by atoms with Gasteiger partial charge >= 0.3 is 0 Å². The number of nitrogen functional groups attached to an aromatic ring is 1. The third kappa shape index (κ3) is 5.08. The number of nitrogens with two attached hydrogens (primary N) is 1. The zero-order valence-corrected chi connectivity index (χ0v) is 10.8. The first-order valence-corrected chi connectivity index (χ1v) is 6.45. The molecular formula is C12H17FN2OS. The normalized spacial score (nSPS) is 10.6. The van der Waals surface area contributed by atoms with Crippen molar-refractivity contribution in [3.8, 4) is 0 Å². The average molecular weight is 256 g/mol. The van der Waals surface area contributed by atoms with Crippen molar-refractivity contribution in [2.24, 2.45) is 0 Å². The monoisotopic (exact) mass is 256 g/mol. The van der Waals surface area contributed by atoms with Crippen molar-refractivity contribution in [3.63, 3.8) is 0 Å². The van der Waals surface area contributed by atoms with E-state index in [4.69, 9.17) is 5.73 Å². The van der Waals surface area contributed by atoms with E-state index in [1.807, 2.05) is 13.8 Å². The number of halogens is 1. The lowest BCUT2D eigenvalue weighted by Gasteiger charge is -2.08. The maximum atomic E-state index is 13.1. The third-order valence-electron chi connectivity index (χ3n) is 2.02. The van der Waals surface area contributed by atoms with Gasteiger partial charge in [0.05, 0.1) is 5.69 Å². The van der Waals surface area contributed by atoms with Gasteiger partial charge < -0.3 is 11.1 Å². The van der Waals surface area contributed by atoms with Gasteiger partial charge in [0.25, 0.3) is 0 Å². The molecule has 1 aromatic carbocycles. The summed E-state index contributed by atoms with van der Waals surface area (Å²) >= 11 is 1.44. The van der Waals surface area contributed by atoms with Crippen LogP contribution in [0, 0.1) is 5.82 Å². The number of hydrogen-bond donors (Lipinski definition) is 2. The number of anilines is 1. The van der Waals surface area contributed by atoms with Gasteiger partial charge in [-0.2, -0.15) is 0 Å². The lowest BCUT2D eigenvalue weighted by atomic mass is 10.3. The molecule has 0 saturated heterocycles. The van der Waals surface area contributed by atoms with Crippen LogP contribution >= 0.6 is 11.8 Å². The van der Waals surface area contributed by atoms with Crippen molar-refractivity contribution in [2.45, 2.75) is 31.2 Å². The molecule has 0 spiro atoms. The van der Waals surface area contributed by atoms with Crippen LogP contribution in [-0.2, 0) is 4.79 Å². The van der Waals surface area contributed by atoms with Gasteiger partial charge in [-0.15, -0.1) is 11.8 Å². The van der Waals surface area contributed by atoms with Crippen LogP contribution in [0.2, 0.25) is 0 Å². The molecule has 94 valence electrons. The van der Waals surface area contributed by atoms with E-state index in [0.29, 0.717) is 12.2 Å². The van der Waals surface area contributed by atoms with Crippen LogP contribution < -0.4 is 11.1 Å². The van der Waals surface area contributed by atoms with Crippen LogP contribution in [0.15, 0.2) is 23.1 Å². The molecule has 0 bridgehead atoms. The number of amides is 1. The fourth-order valence-electron chi connectivity index (χ4n) is 1.25. The summed E-state index contributed by atoms with van der Waals surface area (Å²) in [5.74, 6) is 0.229. The fourth-order valence-corrected chi connectivity index (χ4v) is 2.13. The summed E-state index contributed by atoms with van der Waals surface area (Å²) in [5.41, 5.74) is 5.52. The first-order valence-electron chi connectivity index (χ1n) is 5.46. The molecule has 1 rings (SSSR count). The van der Waals surface area contributed by atoms with Crippen molar-refractivity contribution >= 4 is 23.4 Å². The molecule has 0 fully saturated rings. The van der Waals surface area contributed by atoms with Crippen molar-refractivity contribution in [1.29, 1.82) is 0 Å². The Morgan fingerprint density at radius 3 is 2.82 bits per heavy atom. The largest absolute Gasteiger partial charge is 0.396 e. The first kappa shape index (κ1) is 13.8. The van der Waals surface area contributed by atoms with Gasteiger partial charge in [-0.25, -0.2) is 4.39 Å². The van der Waals surface area contributed by atoms with Crippen LogP contribution in [0.1, 0.15) is 20.3 Å². The number of rotatable bonds is 5. The molecular weight excluding hydrogens is 239 g/mol. The Hall–Kier alpha value is -1.23. The molecule has 3 N–H and O–H groups in total. The Bertz CT molecular complexity index is 396. The highest BCUT2D eigenvalue weighted by molar-refractivity contribution is 7.99. The van der Waals surface area contributed by atoms with Gasteiger partial charge in [-0.3, -0.25) is 4.79 Å². The molecule has 1 aromatic rings. The number of carbonyl (C=O) groups is 1. The molecule has 0 heterocycles.